The maximum atomic E-state index is 14.8. The molecule has 7 nitrogen and oxygen atoms in total. The lowest BCUT2D eigenvalue weighted by atomic mass is 9.95. The molecule has 0 saturated heterocycles. The van der Waals surface area contributed by atoms with Crippen LogP contribution in [0.4, 0.5) is 9.18 Å². The van der Waals surface area contributed by atoms with Gasteiger partial charge in [0.1, 0.15) is 17.9 Å². The van der Waals surface area contributed by atoms with E-state index in [1.807, 2.05) is 13.8 Å². The van der Waals surface area contributed by atoms with E-state index in [4.69, 9.17) is 4.74 Å². The number of hydrogen-bond acceptors (Lipinski definition) is 4. The number of aromatic nitrogens is 2. The summed E-state index contributed by atoms with van der Waals surface area (Å²) in [5, 5.41) is 2.78. The number of imidazole rings is 1. The number of amides is 2. The lowest BCUT2D eigenvalue weighted by Gasteiger charge is -2.36. The highest BCUT2D eigenvalue weighted by molar-refractivity contribution is 9.10. The molecular formula is C20H24BrFN4O3. The Morgan fingerprint density at radius 2 is 2.24 bits per heavy atom. The largest absolute Gasteiger partial charge is 0.467 e. The Morgan fingerprint density at radius 1 is 1.48 bits per heavy atom. The minimum atomic E-state index is -0.784. The van der Waals surface area contributed by atoms with E-state index in [9.17, 15) is 14.0 Å². The highest BCUT2D eigenvalue weighted by atomic mass is 79.9. The first kappa shape index (κ1) is 21.3. The van der Waals surface area contributed by atoms with Gasteiger partial charge in [-0.2, -0.15) is 0 Å². The summed E-state index contributed by atoms with van der Waals surface area (Å²) < 4.78 is 20.3. The van der Waals surface area contributed by atoms with Crippen molar-refractivity contribution in [3.8, 4) is 0 Å². The van der Waals surface area contributed by atoms with Crippen molar-refractivity contribution < 1.29 is 18.7 Å². The maximum Gasteiger partial charge on any atom is 0.328 e. The van der Waals surface area contributed by atoms with Gasteiger partial charge in [0.05, 0.1) is 19.1 Å². The van der Waals surface area contributed by atoms with Crippen LogP contribution in [-0.2, 0) is 16.0 Å². The van der Waals surface area contributed by atoms with Crippen molar-refractivity contribution in [3.63, 3.8) is 0 Å². The Kier molecular flexibility index (Phi) is 6.56. The van der Waals surface area contributed by atoms with Crippen molar-refractivity contribution >= 4 is 27.9 Å². The number of aromatic amines is 1. The van der Waals surface area contributed by atoms with Gasteiger partial charge in [-0.15, -0.1) is 0 Å². The van der Waals surface area contributed by atoms with Crippen molar-refractivity contribution in [2.75, 3.05) is 13.7 Å². The third-order valence-corrected chi connectivity index (χ3v) is 5.88. The van der Waals surface area contributed by atoms with Crippen LogP contribution in [0.5, 0.6) is 0 Å². The van der Waals surface area contributed by atoms with E-state index < -0.39 is 29.9 Å². The molecule has 2 amide bonds. The van der Waals surface area contributed by atoms with E-state index in [0.717, 1.165) is 5.69 Å². The number of hydrogen-bond donors (Lipinski definition) is 2. The van der Waals surface area contributed by atoms with Gasteiger partial charge in [0.15, 0.2) is 0 Å². The third kappa shape index (κ3) is 4.29. The van der Waals surface area contributed by atoms with Crippen LogP contribution in [0.25, 0.3) is 0 Å². The first-order chi connectivity index (χ1) is 13.9. The number of ether oxygens (including phenoxy) is 1. The molecule has 2 aromatic rings. The summed E-state index contributed by atoms with van der Waals surface area (Å²) in [7, 11) is 1.29. The van der Waals surface area contributed by atoms with Gasteiger partial charge in [0, 0.05) is 28.7 Å². The number of nitrogens with one attached hydrogen (secondary N) is 2. The lowest BCUT2D eigenvalue weighted by molar-refractivity contribution is -0.144. The van der Waals surface area contributed by atoms with Gasteiger partial charge in [0.2, 0.25) is 0 Å². The number of fused-ring (bicyclic) bond motifs is 1. The molecule has 3 rings (SSSR count). The summed E-state index contributed by atoms with van der Waals surface area (Å²) in [6.45, 7) is 4.16. The average Bonchev–Trinajstić information content (AvgIpc) is 3.19. The average molecular weight is 467 g/mol. The molecule has 2 N–H and O–H groups in total. The second-order valence-electron chi connectivity index (χ2n) is 7.11. The van der Waals surface area contributed by atoms with Gasteiger partial charge < -0.3 is 19.9 Å². The Morgan fingerprint density at radius 3 is 2.90 bits per heavy atom. The standard InChI is InChI=1S/C20H24BrFN4O3/c1-4-11(2)16(19(27)29-3)25-20(28)26-8-7-15-17(24-10-23-15)18(26)13-6-5-12(21)9-14(13)22/h5-6,9-11,16,18H,4,7-8H2,1-3H3,(H,23,24)(H,25,28)/t11-,16+,18+/m0/s1. The van der Waals surface area contributed by atoms with Gasteiger partial charge in [-0.1, -0.05) is 42.3 Å². The molecule has 0 aliphatic carbocycles. The zero-order valence-corrected chi connectivity index (χ0v) is 18.1. The second kappa shape index (κ2) is 8.94. The Balaban J connectivity index is 1.96. The predicted molar refractivity (Wildman–Crippen MR) is 109 cm³/mol. The molecule has 0 bridgehead atoms. The smallest absolute Gasteiger partial charge is 0.328 e. The van der Waals surface area contributed by atoms with E-state index in [2.05, 4.69) is 31.2 Å². The zero-order chi connectivity index (χ0) is 21.1. The summed E-state index contributed by atoms with van der Waals surface area (Å²) >= 11 is 3.26. The molecule has 0 radical (unpaired) electrons. The summed E-state index contributed by atoms with van der Waals surface area (Å²) in [6.07, 6.45) is 2.80. The van der Waals surface area contributed by atoms with Crippen LogP contribution in [0.1, 0.15) is 43.3 Å². The van der Waals surface area contributed by atoms with E-state index >= 15 is 0 Å². The van der Waals surface area contributed by atoms with Crippen molar-refractivity contribution in [1.29, 1.82) is 0 Å². The molecule has 0 spiro atoms. The summed E-state index contributed by atoms with van der Waals surface area (Å²) in [5.41, 5.74) is 1.81. The van der Waals surface area contributed by atoms with Gasteiger partial charge in [0.25, 0.3) is 0 Å². The molecule has 1 aromatic carbocycles. The molecule has 1 aromatic heterocycles. The number of methoxy groups -OCH3 is 1. The maximum absolute atomic E-state index is 14.8. The second-order valence-corrected chi connectivity index (χ2v) is 8.03. The van der Waals surface area contributed by atoms with Crippen LogP contribution >= 0.6 is 15.9 Å². The minimum absolute atomic E-state index is 0.111. The Hall–Kier alpha value is -2.42. The van der Waals surface area contributed by atoms with Gasteiger partial charge in [-0.3, -0.25) is 0 Å². The number of urea groups is 1. The zero-order valence-electron chi connectivity index (χ0n) is 16.5. The van der Waals surface area contributed by atoms with E-state index in [-0.39, 0.29) is 5.92 Å². The molecule has 0 saturated carbocycles. The summed E-state index contributed by atoms with van der Waals surface area (Å²) in [5.74, 6) is -1.05. The first-order valence-corrected chi connectivity index (χ1v) is 10.3. The van der Waals surface area contributed by atoms with Crippen LogP contribution in [-0.4, -0.2) is 46.6 Å². The van der Waals surface area contributed by atoms with Crippen molar-refractivity contribution in [1.82, 2.24) is 20.2 Å². The lowest BCUT2D eigenvalue weighted by Crippen LogP contribution is -2.53. The molecule has 2 heterocycles. The molecule has 29 heavy (non-hydrogen) atoms. The number of rotatable bonds is 5. The number of carbonyl (C=O) groups is 2. The number of esters is 1. The molecule has 0 unspecified atom stereocenters. The fraction of sp³-hybridized carbons (Fsp3) is 0.450. The van der Waals surface area contributed by atoms with Crippen LogP contribution in [0.2, 0.25) is 0 Å². The third-order valence-electron chi connectivity index (χ3n) is 5.39. The molecule has 0 fully saturated rings. The van der Waals surface area contributed by atoms with Gasteiger partial charge >= 0.3 is 12.0 Å². The SMILES string of the molecule is CC[C@H](C)[C@@H](NC(=O)N1CCc2[nH]cnc2[C@H]1c1ccc(Br)cc1F)C(=O)OC. The topological polar surface area (TPSA) is 87.3 Å². The number of carbonyl (C=O) groups excluding carboxylic acids is 2. The fourth-order valence-electron chi connectivity index (χ4n) is 3.55. The Labute approximate surface area is 177 Å². The molecule has 156 valence electrons. The minimum Gasteiger partial charge on any atom is -0.467 e. The van der Waals surface area contributed by atoms with E-state index in [0.29, 0.717) is 35.1 Å². The van der Waals surface area contributed by atoms with Crippen molar-refractivity contribution in [2.24, 2.45) is 5.92 Å². The number of benzene rings is 1. The molecule has 1 aliphatic rings. The normalized spacial score (nSPS) is 18.0. The summed E-state index contributed by atoms with van der Waals surface area (Å²) in [4.78, 5) is 34.3. The van der Waals surface area contributed by atoms with Crippen LogP contribution < -0.4 is 5.32 Å². The predicted octanol–water partition coefficient (Wildman–Crippen LogP) is 3.56. The van der Waals surface area contributed by atoms with E-state index in [1.165, 1.54) is 18.1 Å². The first-order valence-electron chi connectivity index (χ1n) is 9.49. The monoisotopic (exact) mass is 466 g/mol. The highest BCUT2D eigenvalue weighted by Crippen LogP contribution is 2.35. The van der Waals surface area contributed by atoms with Gasteiger partial charge in [-0.05, 0) is 18.1 Å². The van der Waals surface area contributed by atoms with Crippen LogP contribution in [0.3, 0.4) is 0 Å². The fourth-order valence-corrected chi connectivity index (χ4v) is 3.88. The highest BCUT2D eigenvalue weighted by Gasteiger charge is 2.37. The molecular weight excluding hydrogens is 443 g/mol. The quantitative estimate of drug-likeness (QED) is 0.659. The van der Waals surface area contributed by atoms with Crippen LogP contribution in [0.15, 0.2) is 29.0 Å². The number of halogens is 2. The number of nitrogens with zero attached hydrogens (tertiary/aromatic N) is 2. The summed E-state index contributed by atoms with van der Waals surface area (Å²) in [6, 6.07) is 2.79. The molecule has 3 atom stereocenters. The number of H-pyrrole nitrogens is 1. The van der Waals surface area contributed by atoms with Crippen LogP contribution in [0, 0.1) is 11.7 Å². The van der Waals surface area contributed by atoms with Gasteiger partial charge in [-0.25, -0.2) is 19.0 Å². The van der Waals surface area contributed by atoms with Crippen molar-refractivity contribution in [3.05, 3.63) is 51.8 Å². The Bertz CT molecular complexity index is 904. The molecule has 9 heteroatoms. The molecule has 1 aliphatic heterocycles. The van der Waals surface area contributed by atoms with E-state index in [1.54, 1.807) is 18.5 Å². The van der Waals surface area contributed by atoms with Crippen molar-refractivity contribution in [2.45, 2.75) is 38.8 Å².